The van der Waals surface area contributed by atoms with Crippen molar-refractivity contribution in [2.24, 2.45) is 0 Å². The molecule has 174 valence electrons. The number of halogens is 6. The van der Waals surface area contributed by atoms with E-state index < -0.39 is 35.1 Å². The number of esters is 1. The van der Waals surface area contributed by atoms with Gasteiger partial charge in [0.2, 0.25) is 5.13 Å². The molecule has 0 N–H and O–H groups in total. The van der Waals surface area contributed by atoms with Gasteiger partial charge in [0.25, 0.3) is 0 Å². The molecule has 0 aliphatic carbocycles. The zero-order valence-electron chi connectivity index (χ0n) is 16.8. The molecule has 12 heteroatoms. The van der Waals surface area contributed by atoms with Gasteiger partial charge in [-0.15, -0.1) is 11.3 Å². The van der Waals surface area contributed by atoms with E-state index >= 15 is 0 Å². The Labute approximate surface area is 187 Å². The van der Waals surface area contributed by atoms with Crippen molar-refractivity contribution >= 4 is 29.5 Å². The molecular formula is C21H15F6N3O2S. The zero-order valence-corrected chi connectivity index (χ0v) is 17.6. The predicted octanol–water partition coefficient (Wildman–Crippen LogP) is 6.27. The topological polar surface area (TPSA) is 57.0 Å². The van der Waals surface area contributed by atoms with Crippen LogP contribution in [0.4, 0.5) is 26.3 Å². The van der Waals surface area contributed by atoms with Crippen molar-refractivity contribution in [3.8, 4) is 5.13 Å². The highest BCUT2D eigenvalue weighted by Gasteiger charge is 2.41. The van der Waals surface area contributed by atoms with Crippen LogP contribution in [0.15, 0.2) is 48.0 Å². The van der Waals surface area contributed by atoms with Crippen LogP contribution in [0.2, 0.25) is 0 Å². The lowest BCUT2D eigenvalue weighted by Crippen LogP contribution is -2.18. The van der Waals surface area contributed by atoms with Crippen LogP contribution in [0, 0.1) is 0 Å². The zero-order chi connectivity index (χ0) is 24.2. The second-order valence-corrected chi connectivity index (χ2v) is 7.27. The Morgan fingerprint density at radius 1 is 1.12 bits per heavy atom. The Balaban J connectivity index is 1.80. The summed E-state index contributed by atoms with van der Waals surface area (Å²) in [6.07, 6.45) is -2.69. The smallest absolute Gasteiger partial charge is 0.434 e. The fourth-order valence-electron chi connectivity index (χ4n) is 2.71. The third kappa shape index (κ3) is 5.89. The van der Waals surface area contributed by atoms with E-state index in [0.29, 0.717) is 15.9 Å². The Kier molecular flexibility index (Phi) is 7.06. The maximum Gasteiger partial charge on any atom is 0.434 e. The Bertz CT molecular complexity index is 1190. The molecule has 3 aromatic rings. The van der Waals surface area contributed by atoms with Crippen molar-refractivity contribution < 1.29 is 35.9 Å². The van der Waals surface area contributed by atoms with Gasteiger partial charge in [-0.2, -0.15) is 31.4 Å². The van der Waals surface area contributed by atoms with Gasteiger partial charge < -0.3 is 4.74 Å². The van der Waals surface area contributed by atoms with Crippen LogP contribution in [-0.2, 0) is 17.1 Å². The molecule has 5 nitrogen and oxygen atoms in total. The number of thiazole rings is 1. The first-order valence-corrected chi connectivity index (χ1v) is 10.2. The van der Waals surface area contributed by atoms with Gasteiger partial charge in [0.15, 0.2) is 5.69 Å². The second kappa shape index (κ2) is 9.61. The quantitative estimate of drug-likeness (QED) is 0.234. The molecule has 0 radical (unpaired) electrons. The number of benzene rings is 1. The number of aromatic nitrogens is 3. The minimum Gasteiger partial charge on any atom is -0.462 e. The Hall–Kier alpha value is -3.41. The van der Waals surface area contributed by atoms with Crippen LogP contribution in [0.1, 0.15) is 39.8 Å². The van der Waals surface area contributed by atoms with E-state index in [-0.39, 0.29) is 11.7 Å². The highest BCUT2D eigenvalue weighted by molar-refractivity contribution is 7.12. The van der Waals surface area contributed by atoms with E-state index in [1.165, 1.54) is 48.7 Å². The van der Waals surface area contributed by atoms with Crippen LogP contribution in [0.25, 0.3) is 17.3 Å². The van der Waals surface area contributed by atoms with Gasteiger partial charge in [-0.1, -0.05) is 30.4 Å². The number of ether oxygens (including phenoxy) is 1. The molecule has 2 aromatic heterocycles. The number of carbonyl (C=O) groups excluding carboxylic acids is 1. The van der Waals surface area contributed by atoms with Crippen LogP contribution in [0.3, 0.4) is 0 Å². The molecule has 0 saturated heterocycles. The minimum atomic E-state index is -4.88. The van der Waals surface area contributed by atoms with Crippen molar-refractivity contribution in [3.63, 3.8) is 0 Å². The maximum absolute atomic E-state index is 13.6. The fraction of sp³-hybridized carbons (Fsp3) is 0.190. The average Bonchev–Trinajstić information content (AvgIpc) is 3.38. The average molecular weight is 487 g/mol. The molecule has 0 amide bonds. The summed E-state index contributed by atoms with van der Waals surface area (Å²) in [5, 5.41) is 4.99. The first kappa shape index (κ1) is 24.2. The summed E-state index contributed by atoms with van der Waals surface area (Å²) >= 11 is 0.867. The van der Waals surface area contributed by atoms with E-state index in [4.69, 9.17) is 0 Å². The molecule has 0 bridgehead atoms. The molecule has 3 rings (SSSR count). The summed E-state index contributed by atoms with van der Waals surface area (Å²) in [4.78, 5) is 15.9. The lowest BCUT2D eigenvalue weighted by Gasteiger charge is -2.10. The molecule has 0 fully saturated rings. The number of hydrogen-bond acceptors (Lipinski definition) is 5. The molecule has 0 atom stereocenters. The molecule has 0 saturated carbocycles. The summed E-state index contributed by atoms with van der Waals surface area (Å²) < 4.78 is 84.1. The molecule has 0 aliphatic rings. The lowest BCUT2D eigenvalue weighted by molar-refractivity contribution is -0.143. The van der Waals surface area contributed by atoms with Gasteiger partial charge in [-0.3, -0.25) is 0 Å². The molecule has 0 spiro atoms. The van der Waals surface area contributed by atoms with Crippen LogP contribution in [-0.4, -0.2) is 27.3 Å². The highest BCUT2D eigenvalue weighted by Crippen LogP contribution is 2.34. The molecule has 1 aromatic carbocycles. The summed E-state index contributed by atoms with van der Waals surface area (Å²) in [7, 11) is 0. The van der Waals surface area contributed by atoms with E-state index in [1.54, 1.807) is 0 Å². The minimum absolute atomic E-state index is 0.0957. The summed E-state index contributed by atoms with van der Waals surface area (Å²) in [6.45, 7) is 1.37. The van der Waals surface area contributed by atoms with Crippen molar-refractivity contribution in [1.82, 2.24) is 14.8 Å². The lowest BCUT2D eigenvalue weighted by atomic mass is 10.1. The Morgan fingerprint density at radius 3 is 2.52 bits per heavy atom. The standard InChI is InChI=1S/C21H15F6N3O2S/c1-2-32-18(31)16-11-28-30(17(16)21(25,26)27)19-29-15(12-33-19)9-4-3-6-13-7-5-8-14(10-13)20(22,23)24/h3-12H,2H2,1H3. The van der Waals surface area contributed by atoms with E-state index in [0.717, 1.165) is 29.7 Å². The van der Waals surface area contributed by atoms with Crippen LogP contribution >= 0.6 is 11.3 Å². The van der Waals surface area contributed by atoms with Gasteiger partial charge in [0, 0.05) is 5.38 Å². The largest absolute Gasteiger partial charge is 0.462 e. The molecule has 33 heavy (non-hydrogen) atoms. The van der Waals surface area contributed by atoms with Crippen molar-refractivity contribution in [2.75, 3.05) is 6.61 Å². The molecule has 0 unspecified atom stereocenters. The maximum atomic E-state index is 13.6. The normalized spacial score (nSPS) is 12.7. The predicted molar refractivity (Wildman–Crippen MR) is 110 cm³/mol. The highest BCUT2D eigenvalue weighted by atomic mass is 32.1. The first-order chi connectivity index (χ1) is 15.5. The molecule has 2 heterocycles. The fourth-order valence-corrected chi connectivity index (χ4v) is 3.47. The van der Waals surface area contributed by atoms with Gasteiger partial charge >= 0.3 is 18.3 Å². The van der Waals surface area contributed by atoms with Gasteiger partial charge in [-0.25, -0.2) is 14.5 Å². The van der Waals surface area contributed by atoms with E-state index in [2.05, 4.69) is 14.8 Å². The van der Waals surface area contributed by atoms with Crippen molar-refractivity contribution in [1.29, 1.82) is 0 Å². The summed E-state index contributed by atoms with van der Waals surface area (Å²) in [5.74, 6) is -1.15. The summed E-state index contributed by atoms with van der Waals surface area (Å²) in [6, 6.07) is 4.73. The van der Waals surface area contributed by atoms with E-state index in [9.17, 15) is 31.1 Å². The second-order valence-electron chi connectivity index (χ2n) is 6.43. The van der Waals surface area contributed by atoms with Crippen molar-refractivity contribution in [2.45, 2.75) is 19.3 Å². The van der Waals surface area contributed by atoms with Gasteiger partial charge in [-0.05, 0) is 30.7 Å². The first-order valence-electron chi connectivity index (χ1n) is 9.31. The van der Waals surface area contributed by atoms with Crippen LogP contribution in [0.5, 0.6) is 0 Å². The van der Waals surface area contributed by atoms with Gasteiger partial charge in [0.1, 0.15) is 5.56 Å². The number of hydrogen-bond donors (Lipinski definition) is 0. The number of allylic oxidation sites excluding steroid dienone is 2. The number of carbonyl (C=O) groups is 1. The van der Waals surface area contributed by atoms with E-state index in [1.807, 2.05) is 0 Å². The number of nitrogens with zero attached hydrogens (tertiary/aromatic N) is 3. The summed E-state index contributed by atoms with van der Waals surface area (Å²) in [5.41, 5.74) is -2.17. The van der Waals surface area contributed by atoms with Crippen molar-refractivity contribution in [3.05, 3.63) is 76.1 Å². The van der Waals surface area contributed by atoms with Crippen LogP contribution < -0.4 is 0 Å². The monoisotopic (exact) mass is 487 g/mol. The number of alkyl halides is 6. The SMILES string of the molecule is CCOC(=O)c1cnn(-c2nc(C=CC=Cc3cccc(C(F)(F)F)c3)cs2)c1C(F)(F)F. The third-order valence-corrected chi connectivity index (χ3v) is 4.94. The molecular weight excluding hydrogens is 472 g/mol. The van der Waals surface area contributed by atoms with Gasteiger partial charge in [0.05, 0.1) is 24.1 Å². The Morgan fingerprint density at radius 2 is 1.85 bits per heavy atom. The molecule has 0 aliphatic heterocycles. The third-order valence-electron chi connectivity index (χ3n) is 4.10. The number of rotatable bonds is 6.